The molecule has 0 saturated carbocycles. The third-order valence-electron chi connectivity index (χ3n) is 6.11. The normalized spacial score (nSPS) is 11.1. The van der Waals surface area contributed by atoms with E-state index in [1.165, 1.54) is 60.6 Å². The summed E-state index contributed by atoms with van der Waals surface area (Å²) in [6.07, 6.45) is 12.8. The summed E-state index contributed by atoms with van der Waals surface area (Å²) in [5.74, 6) is 0.345. The van der Waals surface area contributed by atoms with E-state index in [1.54, 1.807) is 24.5 Å². The van der Waals surface area contributed by atoms with Crippen LogP contribution in [-0.2, 0) is 31.6 Å². The van der Waals surface area contributed by atoms with E-state index in [9.17, 15) is 9.18 Å². The number of hydrogen-bond donors (Lipinski definition) is 0. The number of rotatable bonds is 12. The first-order valence-electron chi connectivity index (χ1n) is 12.4. The van der Waals surface area contributed by atoms with Crippen molar-refractivity contribution in [3.05, 3.63) is 117 Å². The van der Waals surface area contributed by atoms with Crippen molar-refractivity contribution in [3.8, 4) is 0 Å². The van der Waals surface area contributed by atoms with Crippen LogP contribution in [0.5, 0.6) is 0 Å². The molecule has 0 bridgehead atoms. The Balaban J connectivity index is 1.57. The van der Waals surface area contributed by atoms with Crippen LogP contribution in [-0.4, -0.2) is 19.5 Å². The van der Waals surface area contributed by atoms with Crippen molar-refractivity contribution in [2.24, 2.45) is 0 Å². The van der Waals surface area contributed by atoms with E-state index in [0.29, 0.717) is 29.4 Å². The molecular weight excluding hydrogens is 471 g/mol. The molecule has 0 aliphatic heterocycles. The van der Waals surface area contributed by atoms with Crippen molar-refractivity contribution in [1.29, 1.82) is 0 Å². The van der Waals surface area contributed by atoms with Crippen LogP contribution in [0.15, 0.2) is 83.4 Å². The van der Waals surface area contributed by atoms with Gasteiger partial charge in [-0.15, -0.1) is 0 Å². The topological polar surface area (TPSA) is 60.7 Å². The first-order chi connectivity index (χ1) is 17.6. The second-order valence-electron chi connectivity index (χ2n) is 8.86. The van der Waals surface area contributed by atoms with Crippen molar-refractivity contribution in [2.75, 3.05) is 0 Å². The maximum absolute atomic E-state index is 13.3. The van der Waals surface area contributed by atoms with Crippen LogP contribution in [0.2, 0.25) is 0 Å². The minimum atomic E-state index is -0.259. The lowest BCUT2D eigenvalue weighted by Crippen LogP contribution is -2.20. The summed E-state index contributed by atoms with van der Waals surface area (Å²) in [6.45, 7) is 2.93. The molecular formula is C29H31FN4OS. The number of aromatic nitrogens is 4. The molecule has 2 aromatic carbocycles. The van der Waals surface area contributed by atoms with Gasteiger partial charge in [-0.1, -0.05) is 67.9 Å². The van der Waals surface area contributed by atoms with Gasteiger partial charge in [-0.2, -0.15) is 4.98 Å². The number of unbranched alkanes of at least 4 members (excludes halogenated alkanes) is 2. The third-order valence-corrected chi connectivity index (χ3v) is 7.17. The van der Waals surface area contributed by atoms with Crippen molar-refractivity contribution in [3.63, 3.8) is 0 Å². The smallest absolute Gasteiger partial charge is 0.277 e. The van der Waals surface area contributed by atoms with E-state index < -0.39 is 0 Å². The third kappa shape index (κ3) is 7.34. The molecule has 5 nitrogen and oxygen atoms in total. The monoisotopic (exact) mass is 502 g/mol. The van der Waals surface area contributed by atoms with Gasteiger partial charge in [-0.05, 0) is 53.6 Å². The predicted molar refractivity (Wildman–Crippen MR) is 143 cm³/mol. The molecule has 0 spiro atoms. The van der Waals surface area contributed by atoms with Crippen molar-refractivity contribution in [1.82, 2.24) is 19.5 Å². The Morgan fingerprint density at radius 1 is 0.889 bits per heavy atom. The molecule has 0 fully saturated rings. The zero-order valence-corrected chi connectivity index (χ0v) is 21.4. The maximum Gasteiger partial charge on any atom is 0.277 e. The Morgan fingerprint density at radius 2 is 1.61 bits per heavy atom. The van der Waals surface area contributed by atoms with E-state index >= 15 is 0 Å². The van der Waals surface area contributed by atoms with Gasteiger partial charge in [-0.25, -0.2) is 14.4 Å². The number of halogens is 1. The van der Waals surface area contributed by atoms with Gasteiger partial charge in [0, 0.05) is 42.9 Å². The van der Waals surface area contributed by atoms with Crippen molar-refractivity contribution < 1.29 is 4.39 Å². The first kappa shape index (κ1) is 25.8. The van der Waals surface area contributed by atoms with Gasteiger partial charge in [0.25, 0.3) is 5.56 Å². The molecule has 0 unspecified atom stereocenters. The highest BCUT2D eigenvalue weighted by molar-refractivity contribution is 7.98. The number of thioether (sulfide) groups is 1. The fraction of sp³-hybridized carbons (Fsp3) is 0.310. The highest BCUT2D eigenvalue weighted by Gasteiger charge is 2.12. The van der Waals surface area contributed by atoms with E-state index in [2.05, 4.69) is 50.7 Å². The van der Waals surface area contributed by atoms with Gasteiger partial charge in [0.05, 0.1) is 0 Å². The van der Waals surface area contributed by atoms with Crippen LogP contribution in [0.25, 0.3) is 0 Å². The van der Waals surface area contributed by atoms with Crippen LogP contribution in [0.3, 0.4) is 0 Å². The fourth-order valence-corrected chi connectivity index (χ4v) is 5.08. The standard InChI is InChI=1S/C29H31FN4OS/c1-2-3-4-7-24-8-5-6-9-25(24)14-15-34-19-26(16-23-17-31-21-32-18-23)28(35)33-29(34)36-20-22-10-12-27(30)13-11-22/h5-6,8-13,17-19,21H,2-4,7,14-16,20H2,1H3. The molecule has 0 saturated heterocycles. The van der Waals surface area contributed by atoms with Gasteiger partial charge in [-0.3, -0.25) is 4.79 Å². The fourth-order valence-electron chi connectivity index (χ4n) is 4.14. The van der Waals surface area contributed by atoms with Crippen molar-refractivity contribution in [2.45, 2.75) is 62.9 Å². The molecule has 186 valence electrons. The second kappa shape index (κ2) is 13.1. The molecule has 0 amide bonds. The minimum Gasteiger partial charge on any atom is -0.327 e. The molecule has 0 aliphatic carbocycles. The van der Waals surface area contributed by atoms with Crippen LogP contribution < -0.4 is 5.56 Å². The van der Waals surface area contributed by atoms with Gasteiger partial charge < -0.3 is 4.57 Å². The average Bonchev–Trinajstić information content (AvgIpc) is 2.90. The molecule has 4 rings (SSSR count). The summed E-state index contributed by atoms with van der Waals surface area (Å²) in [6, 6.07) is 15.1. The summed E-state index contributed by atoms with van der Waals surface area (Å²) < 4.78 is 15.4. The van der Waals surface area contributed by atoms with E-state index in [1.807, 2.05) is 6.20 Å². The predicted octanol–water partition coefficient (Wildman–Crippen LogP) is 6.03. The van der Waals surface area contributed by atoms with E-state index in [0.717, 1.165) is 24.0 Å². The van der Waals surface area contributed by atoms with Gasteiger partial charge in [0.1, 0.15) is 12.1 Å². The van der Waals surface area contributed by atoms with Crippen LogP contribution in [0.1, 0.15) is 54.0 Å². The van der Waals surface area contributed by atoms with Gasteiger partial charge in [0.2, 0.25) is 0 Å². The summed E-state index contributed by atoms with van der Waals surface area (Å²) in [7, 11) is 0. The molecule has 36 heavy (non-hydrogen) atoms. The van der Waals surface area contributed by atoms with E-state index in [4.69, 9.17) is 0 Å². The lowest BCUT2D eigenvalue weighted by Gasteiger charge is -2.15. The number of benzene rings is 2. The Morgan fingerprint density at radius 3 is 2.33 bits per heavy atom. The molecule has 2 aromatic heterocycles. The Labute approximate surface area is 215 Å². The molecule has 0 atom stereocenters. The second-order valence-corrected chi connectivity index (χ2v) is 9.80. The lowest BCUT2D eigenvalue weighted by molar-refractivity contribution is 0.592. The number of nitrogens with zero attached hydrogens (tertiary/aromatic N) is 4. The summed E-state index contributed by atoms with van der Waals surface area (Å²) >= 11 is 1.50. The highest BCUT2D eigenvalue weighted by atomic mass is 32.2. The molecule has 0 radical (unpaired) electrons. The molecule has 7 heteroatoms. The first-order valence-corrected chi connectivity index (χ1v) is 13.4. The van der Waals surface area contributed by atoms with E-state index in [-0.39, 0.29) is 11.4 Å². The number of aryl methyl sites for hydroxylation is 3. The zero-order valence-electron chi connectivity index (χ0n) is 20.6. The maximum atomic E-state index is 13.3. The molecule has 0 N–H and O–H groups in total. The van der Waals surface area contributed by atoms with Gasteiger partial charge in [0.15, 0.2) is 5.16 Å². The summed E-state index contributed by atoms with van der Waals surface area (Å²) in [5, 5.41) is 0.667. The Kier molecular flexibility index (Phi) is 9.39. The van der Waals surface area contributed by atoms with Crippen molar-refractivity contribution >= 4 is 11.8 Å². The van der Waals surface area contributed by atoms with Crippen LogP contribution >= 0.6 is 11.8 Å². The summed E-state index contributed by atoms with van der Waals surface area (Å²) in [5.41, 5.74) is 4.95. The highest BCUT2D eigenvalue weighted by Crippen LogP contribution is 2.22. The quantitative estimate of drug-likeness (QED) is 0.134. The number of hydrogen-bond acceptors (Lipinski definition) is 5. The Bertz CT molecular complexity index is 1310. The SMILES string of the molecule is CCCCCc1ccccc1CCn1cc(Cc2cncnc2)c(=O)nc1SCc1ccc(F)cc1. The average molecular weight is 503 g/mol. The lowest BCUT2D eigenvalue weighted by atomic mass is 9.99. The summed E-state index contributed by atoms with van der Waals surface area (Å²) in [4.78, 5) is 25.5. The van der Waals surface area contributed by atoms with Crippen LogP contribution in [0.4, 0.5) is 4.39 Å². The largest absolute Gasteiger partial charge is 0.327 e. The molecule has 0 aliphatic rings. The molecule has 4 aromatic rings. The zero-order chi connectivity index (χ0) is 25.2. The minimum absolute atomic E-state index is 0.239. The van der Waals surface area contributed by atoms with Crippen LogP contribution in [0, 0.1) is 5.82 Å². The van der Waals surface area contributed by atoms with Gasteiger partial charge >= 0.3 is 0 Å². The Hall–Kier alpha value is -3.32. The molecule has 2 heterocycles.